The summed E-state index contributed by atoms with van der Waals surface area (Å²) in [5, 5.41) is 2.07. The van der Waals surface area contributed by atoms with Crippen LogP contribution in [-0.2, 0) is 10.1 Å². The molecule has 4 rings (SSSR count). The van der Waals surface area contributed by atoms with Crippen LogP contribution in [0.25, 0.3) is 31.3 Å². The second-order valence-corrected chi connectivity index (χ2v) is 9.60. The van der Waals surface area contributed by atoms with Crippen molar-refractivity contribution in [2.45, 2.75) is 5.51 Å². The van der Waals surface area contributed by atoms with Crippen LogP contribution in [0, 0.1) is 0 Å². The summed E-state index contributed by atoms with van der Waals surface area (Å²) in [7, 11) is 0.603. The Bertz CT molecular complexity index is 1420. The number of halogens is 3. The molecule has 4 aromatic rings. The monoisotopic (exact) mass is 542 g/mol. The zero-order valence-corrected chi connectivity index (χ0v) is 21.1. The van der Waals surface area contributed by atoms with Crippen molar-refractivity contribution in [2.75, 3.05) is 28.4 Å². The third-order valence-corrected chi connectivity index (χ3v) is 6.71. The van der Waals surface area contributed by atoms with Crippen LogP contribution in [0.5, 0.6) is 23.0 Å². The molecule has 0 unspecified atom stereocenters. The molecule has 0 spiro atoms. The lowest BCUT2D eigenvalue weighted by Gasteiger charge is -2.14. The van der Waals surface area contributed by atoms with Crippen molar-refractivity contribution in [3.8, 4) is 34.1 Å². The summed E-state index contributed by atoms with van der Waals surface area (Å²) in [6, 6.07) is 18.2. The van der Waals surface area contributed by atoms with Gasteiger partial charge in [0.1, 0.15) is 23.0 Å². The van der Waals surface area contributed by atoms with Crippen LogP contribution < -0.4 is 18.9 Å². The number of alkyl halides is 3. The van der Waals surface area contributed by atoms with Crippen molar-refractivity contribution >= 4 is 41.6 Å². The Kier molecular flexibility index (Phi) is 8.12. The Hall–Kier alpha value is -3.35. The molecule has 0 saturated heterocycles. The predicted molar refractivity (Wildman–Crippen MR) is 131 cm³/mol. The van der Waals surface area contributed by atoms with Gasteiger partial charge in [-0.05, 0) is 5.56 Å². The molecule has 0 aliphatic heterocycles. The van der Waals surface area contributed by atoms with E-state index in [0.717, 1.165) is 54.3 Å². The highest BCUT2D eigenvalue weighted by Gasteiger charge is 2.37. The van der Waals surface area contributed by atoms with E-state index in [1.165, 1.54) is 0 Å². The van der Waals surface area contributed by atoms with E-state index >= 15 is 0 Å². The lowest BCUT2D eigenvalue weighted by molar-refractivity contribution is -0.0517. The smallest absolute Gasteiger partial charge is 0.485 e. The predicted octanol–water partition coefficient (Wildman–Crippen LogP) is 6.09. The fourth-order valence-corrected chi connectivity index (χ4v) is 4.68. The highest BCUT2D eigenvalue weighted by Crippen LogP contribution is 2.48. The van der Waals surface area contributed by atoms with Gasteiger partial charge in [0.2, 0.25) is 20.7 Å². The Morgan fingerprint density at radius 3 is 1.50 bits per heavy atom. The molecule has 0 amide bonds. The highest BCUT2D eigenvalue weighted by molar-refractivity contribution is 7.86. The number of hydrogen-bond donors (Lipinski definition) is 0. The van der Waals surface area contributed by atoms with E-state index in [1.807, 2.05) is 42.5 Å². The summed E-state index contributed by atoms with van der Waals surface area (Å²) < 4.78 is 83.5. The Labute approximate surface area is 209 Å². The van der Waals surface area contributed by atoms with Crippen LogP contribution in [0.1, 0.15) is 0 Å². The summed E-state index contributed by atoms with van der Waals surface area (Å²) in [6.45, 7) is 0. The van der Waals surface area contributed by atoms with E-state index in [-0.39, 0.29) is 0 Å². The van der Waals surface area contributed by atoms with Crippen molar-refractivity contribution in [1.29, 1.82) is 0 Å². The van der Waals surface area contributed by atoms with Crippen LogP contribution >= 0.6 is 11.3 Å². The third kappa shape index (κ3) is 5.55. The number of ether oxygens (including phenoxy) is 4. The van der Waals surface area contributed by atoms with Crippen molar-refractivity contribution in [3.05, 3.63) is 54.6 Å². The molecule has 0 aliphatic rings. The van der Waals surface area contributed by atoms with Gasteiger partial charge in [-0.3, -0.25) is 0 Å². The van der Waals surface area contributed by atoms with Gasteiger partial charge in [0.25, 0.3) is 0 Å². The van der Waals surface area contributed by atoms with Crippen LogP contribution in [0.2, 0.25) is 0 Å². The first kappa shape index (κ1) is 27.2. The third-order valence-electron chi connectivity index (χ3n) is 5.06. The Morgan fingerprint density at radius 2 is 1.17 bits per heavy atom. The van der Waals surface area contributed by atoms with Gasteiger partial charge in [0, 0.05) is 29.8 Å². The van der Waals surface area contributed by atoms with Crippen LogP contribution in [0.15, 0.2) is 54.6 Å². The van der Waals surface area contributed by atoms with Crippen LogP contribution in [-0.4, -0.2) is 46.9 Å². The van der Waals surface area contributed by atoms with Gasteiger partial charge in [-0.25, -0.2) is 8.42 Å². The molecule has 36 heavy (non-hydrogen) atoms. The van der Waals surface area contributed by atoms with E-state index in [0.29, 0.717) is 0 Å². The van der Waals surface area contributed by atoms with Crippen molar-refractivity contribution in [2.24, 2.45) is 0 Å². The lowest BCUT2D eigenvalue weighted by atomic mass is 9.97. The van der Waals surface area contributed by atoms with Crippen LogP contribution in [0.4, 0.5) is 13.2 Å². The fraction of sp³-hybridized carbons (Fsp3) is 0.208. The fourth-order valence-electron chi connectivity index (χ4n) is 3.48. The van der Waals surface area contributed by atoms with Gasteiger partial charge in [0.15, 0.2) is 10.1 Å². The Morgan fingerprint density at radius 1 is 0.750 bits per heavy atom. The minimum Gasteiger partial charge on any atom is -0.741 e. The molecule has 0 saturated carbocycles. The van der Waals surface area contributed by atoms with Crippen molar-refractivity contribution in [1.82, 2.24) is 0 Å². The van der Waals surface area contributed by atoms with Crippen molar-refractivity contribution < 1.29 is 45.1 Å². The van der Waals surface area contributed by atoms with Crippen LogP contribution in [0.3, 0.4) is 0 Å². The second-order valence-electron chi connectivity index (χ2n) is 7.15. The number of benzene rings is 3. The molecular weight excluding hydrogens is 521 g/mol. The number of methoxy groups -OCH3 is 4. The number of fused-ring (bicyclic) bond motifs is 2. The zero-order chi connectivity index (χ0) is 26.7. The highest BCUT2D eigenvalue weighted by atomic mass is 32.2. The molecule has 12 heteroatoms. The average Bonchev–Trinajstić information content (AvgIpc) is 2.85. The first-order chi connectivity index (χ1) is 16.9. The van der Waals surface area contributed by atoms with Gasteiger partial charge in [-0.15, -0.1) is 0 Å². The van der Waals surface area contributed by atoms with E-state index in [9.17, 15) is 13.2 Å². The molecule has 0 atom stereocenters. The zero-order valence-electron chi connectivity index (χ0n) is 19.5. The normalized spacial score (nSPS) is 11.6. The summed E-state index contributed by atoms with van der Waals surface area (Å²) in [4.78, 5) is 0. The molecule has 0 fully saturated rings. The first-order valence-corrected chi connectivity index (χ1v) is 12.3. The maximum atomic E-state index is 10.7. The molecule has 1 aromatic heterocycles. The molecule has 0 bridgehead atoms. The summed E-state index contributed by atoms with van der Waals surface area (Å²) in [5.41, 5.74) is -3.48. The molecule has 3 aromatic carbocycles. The van der Waals surface area contributed by atoms with Gasteiger partial charge in [-0.1, -0.05) is 30.3 Å². The minimum absolute atomic E-state index is 0.758. The number of rotatable bonds is 5. The van der Waals surface area contributed by atoms with Crippen molar-refractivity contribution in [3.63, 3.8) is 0 Å². The van der Waals surface area contributed by atoms with E-state index in [2.05, 4.69) is 12.1 Å². The Balaban J connectivity index is 0.000000392. The largest absolute Gasteiger partial charge is 0.741 e. The molecule has 0 aliphatic carbocycles. The summed E-state index contributed by atoms with van der Waals surface area (Å²) in [5.74, 6) is 3.05. The standard InChI is InChI=1S/C23H21O4S.CHF3O3S/c1-24-15-10-17(26-3)22-19(12-15)28-20-13-16(25-2)11-18(27-4)23(20)21(22)14-8-6-5-7-9-14;2-1(3,4)8(5,6)7/h5-13H,1-4H3;(H,5,6,7)/q+1;/p-1. The summed E-state index contributed by atoms with van der Waals surface area (Å²) in [6.07, 6.45) is 0. The SMILES string of the molecule is COc1cc(OC)c2c(-c3ccccc3)c3c(OC)cc(OC)cc3[s+]c2c1.O=S(=O)([O-])C(F)(F)F. The van der Waals surface area contributed by atoms with Gasteiger partial charge < -0.3 is 23.5 Å². The minimum atomic E-state index is -6.09. The molecular formula is C24H21F3O7S2. The molecule has 0 radical (unpaired) electrons. The lowest BCUT2D eigenvalue weighted by Crippen LogP contribution is -2.21. The van der Waals surface area contributed by atoms with E-state index < -0.39 is 15.6 Å². The van der Waals surface area contributed by atoms with E-state index in [4.69, 9.17) is 31.9 Å². The maximum Gasteiger partial charge on any atom is 0.485 e. The molecule has 7 nitrogen and oxygen atoms in total. The first-order valence-electron chi connectivity index (χ1n) is 10.1. The molecule has 1 heterocycles. The topological polar surface area (TPSA) is 94.1 Å². The molecule has 0 N–H and O–H groups in total. The van der Waals surface area contributed by atoms with Gasteiger partial charge >= 0.3 is 5.51 Å². The molecule has 192 valence electrons. The second kappa shape index (κ2) is 10.7. The maximum absolute atomic E-state index is 10.7. The number of hydrogen-bond acceptors (Lipinski definition) is 7. The van der Waals surface area contributed by atoms with E-state index in [1.54, 1.807) is 39.8 Å². The van der Waals surface area contributed by atoms with Gasteiger partial charge in [-0.2, -0.15) is 13.2 Å². The quantitative estimate of drug-likeness (QED) is 0.130. The summed E-state index contributed by atoms with van der Waals surface area (Å²) >= 11 is 1.66. The average molecular weight is 543 g/mol. The van der Waals surface area contributed by atoms with Gasteiger partial charge in [0.05, 0.1) is 39.2 Å².